The molecule has 2 aliphatic heterocycles. The molecule has 3 nitrogen and oxygen atoms in total. The van der Waals surface area contributed by atoms with E-state index in [0.717, 1.165) is 28.3 Å². The normalized spacial score (nSPS) is 29.9. The zero-order valence-corrected chi connectivity index (χ0v) is 14.0. The molecule has 1 aromatic carbocycles. The molecule has 2 bridgehead atoms. The van der Waals surface area contributed by atoms with Gasteiger partial charge in [-0.15, -0.1) is 0 Å². The molecule has 2 aromatic heterocycles. The Morgan fingerprint density at radius 2 is 1.96 bits per heavy atom. The van der Waals surface area contributed by atoms with Crippen LogP contribution in [0.1, 0.15) is 36.1 Å². The quantitative estimate of drug-likeness (QED) is 0.667. The Hall–Kier alpha value is -1.87. The topological polar surface area (TPSA) is 29.3 Å². The lowest BCUT2D eigenvalue weighted by molar-refractivity contribution is 0.256. The zero-order chi connectivity index (χ0) is 15.7. The number of aryl methyl sites for hydroxylation is 2. The predicted molar refractivity (Wildman–Crippen MR) is 92.9 cm³/mol. The fraction of sp³-hybridized carbons (Fsp3) is 0.450. The number of rotatable bonds is 1. The Morgan fingerprint density at radius 1 is 1.13 bits per heavy atom. The Kier molecular flexibility index (Phi) is 2.70. The molecule has 0 aliphatic carbocycles. The maximum absolute atomic E-state index is 6.28. The van der Waals surface area contributed by atoms with E-state index in [9.17, 15) is 0 Å². The van der Waals surface area contributed by atoms with Gasteiger partial charge in [-0.1, -0.05) is 12.1 Å². The number of nitrogens with zero attached hydrogens (tertiary/aromatic N) is 2. The summed E-state index contributed by atoms with van der Waals surface area (Å²) in [5.41, 5.74) is 5.65. The molecule has 2 aliphatic rings. The van der Waals surface area contributed by atoms with Gasteiger partial charge in [0, 0.05) is 40.5 Å². The van der Waals surface area contributed by atoms with E-state index in [4.69, 9.17) is 4.42 Å². The molecule has 0 amide bonds. The second kappa shape index (κ2) is 4.57. The van der Waals surface area contributed by atoms with Gasteiger partial charge in [0.1, 0.15) is 5.58 Å². The molecular formula is C20H22N2O. The molecule has 3 aromatic rings. The average molecular weight is 306 g/mol. The lowest BCUT2D eigenvalue weighted by Crippen LogP contribution is -2.32. The molecule has 3 heteroatoms. The highest BCUT2D eigenvalue weighted by Crippen LogP contribution is 2.48. The van der Waals surface area contributed by atoms with Crippen molar-refractivity contribution in [3.05, 3.63) is 41.1 Å². The van der Waals surface area contributed by atoms with Crippen LogP contribution in [-0.4, -0.2) is 29.0 Å². The van der Waals surface area contributed by atoms with E-state index in [2.05, 4.69) is 48.0 Å². The van der Waals surface area contributed by atoms with Crippen LogP contribution in [0.5, 0.6) is 0 Å². The van der Waals surface area contributed by atoms with Crippen LogP contribution in [-0.2, 0) is 0 Å². The van der Waals surface area contributed by atoms with Crippen LogP contribution in [0.15, 0.2) is 28.7 Å². The van der Waals surface area contributed by atoms with Crippen LogP contribution in [0.3, 0.4) is 0 Å². The van der Waals surface area contributed by atoms with Gasteiger partial charge in [0.15, 0.2) is 0 Å². The Labute approximate surface area is 136 Å². The first-order valence-corrected chi connectivity index (χ1v) is 8.67. The predicted octanol–water partition coefficient (Wildman–Crippen LogP) is 4.41. The van der Waals surface area contributed by atoms with Crippen molar-refractivity contribution >= 4 is 22.1 Å². The third kappa shape index (κ3) is 1.77. The first-order chi connectivity index (χ1) is 11.1. The minimum atomic E-state index is 0.592. The summed E-state index contributed by atoms with van der Waals surface area (Å²) in [6.45, 7) is 9.14. The Balaban J connectivity index is 1.80. The molecule has 2 fully saturated rings. The summed E-state index contributed by atoms with van der Waals surface area (Å²) in [7, 11) is 0. The van der Waals surface area contributed by atoms with Crippen LogP contribution >= 0.6 is 0 Å². The van der Waals surface area contributed by atoms with Crippen molar-refractivity contribution in [1.82, 2.24) is 9.88 Å². The van der Waals surface area contributed by atoms with Gasteiger partial charge in [0.25, 0.3) is 0 Å². The Morgan fingerprint density at radius 3 is 2.74 bits per heavy atom. The van der Waals surface area contributed by atoms with E-state index >= 15 is 0 Å². The number of furan rings is 1. The maximum Gasteiger partial charge on any atom is 0.227 e. The monoisotopic (exact) mass is 306 g/mol. The van der Waals surface area contributed by atoms with Gasteiger partial charge in [-0.25, -0.2) is 4.98 Å². The zero-order valence-electron chi connectivity index (χ0n) is 14.0. The average Bonchev–Trinajstić information content (AvgIpc) is 3.20. The fourth-order valence-corrected chi connectivity index (χ4v) is 4.92. The smallest absolute Gasteiger partial charge is 0.227 e. The van der Waals surface area contributed by atoms with Crippen molar-refractivity contribution in [2.45, 2.75) is 39.2 Å². The summed E-state index contributed by atoms with van der Waals surface area (Å²) >= 11 is 0. The van der Waals surface area contributed by atoms with Gasteiger partial charge in [-0.05, 0) is 57.4 Å². The minimum Gasteiger partial charge on any atom is -0.437 e. The molecule has 118 valence electrons. The summed E-state index contributed by atoms with van der Waals surface area (Å²) in [4.78, 5) is 7.24. The SMILES string of the molecule is Cc1ccc2c(n1)oc1c(C3C4CCN(C4)C3C)c(C)ccc12. The molecule has 5 rings (SSSR count). The Bertz CT molecular complexity index is 924. The number of aromatic nitrogens is 1. The number of hydrogen-bond acceptors (Lipinski definition) is 3. The number of piperidine rings is 1. The van der Waals surface area contributed by atoms with Gasteiger partial charge in [0.05, 0.1) is 0 Å². The number of pyridine rings is 1. The molecule has 0 radical (unpaired) electrons. The molecule has 0 spiro atoms. The molecule has 2 saturated heterocycles. The van der Waals surface area contributed by atoms with Crippen LogP contribution in [0, 0.1) is 19.8 Å². The molecule has 0 saturated carbocycles. The van der Waals surface area contributed by atoms with Gasteiger partial charge in [-0.3, -0.25) is 4.90 Å². The first kappa shape index (κ1) is 13.6. The second-order valence-electron chi connectivity index (χ2n) is 7.39. The van der Waals surface area contributed by atoms with E-state index in [0.29, 0.717) is 12.0 Å². The van der Waals surface area contributed by atoms with Crippen molar-refractivity contribution in [2.75, 3.05) is 13.1 Å². The largest absolute Gasteiger partial charge is 0.437 e. The summed E-state index contributed by atoms with van der Waals surface area (Å²) in [5, 5.41) is 2.36. The van der Waals surface area contributed by atoms with Crippen LogP contribution in [0.25, 0.3) is 22.1 Å². The van der Waals surface area contributed by atoms with Crippen molar-refractivity contribution in [1.29, 1.82) is 0 Å². The fourth-order valence-electron chi connectivity index (χ4n) is 4.92. The number of benzene rings is 1. The van der Waals surface area contributed by atoms with Gasteiger partial charge >= 0.3 is 0 Å². The van der Waals surface area contributed by atoms with Crippen LogP contribution < -0.4 is 0 Å². The molecule has 0 N–H and O–H groups in total. The molecule has 4 heterocycles. The van der Waals surface area contributed by atoms with Gasteiger partial charge < -0.3 is 4.42 Å². The number of hydrogen-bond donors (Lipinski definition) is 0. The van der Waals surface area contributed by atoms with Crippen LogP contribution in [0.2, 0.25) is 0 Å². The minimum absolute atomic E-state index is 0.592. The van der Waals surface area contributed by atoms with E-state index in [1.54, 1.807) is 0 Å². The van der Waals surface area contributed by atoms with Crippen molar-refractivity contribution < 1.29 is 4.42 Å². The van der Waals surface area contributed by atoms with Crippen molar-refractivity contribution in [3.8, 4) is 0 Å². The highest BCUT2D eigenvalue weighted by molar-refractivity contribution is 6.05. The summed E-state index contributed by atoms with van der Waals surface area (Å²) in [5.74, 6) is 1.37. The molecule has 4 atom stereocenters. The van der Waals surface area contributed by atoms with E-state index in [1.807, 2.05) is 6.92 Å². The summed E-state index contributed by atoms with van der Waals surface area (Å²) in [6, 6.07) is 9.30. The third-order valence-electron chi connectivity index (χ3n) is 6.10. The first-order valence-electron chi connectivity index (χ1n) is 8.67. The van der Waals surface area contributed by atoms with E-state index in [-0.39, 0.29) is 0 Å². The van der Waals surface area contributed by atoms with E-state index < -0.39 is 0 Å². The summed E-state index contributed by atoms with van der Waals surface area (Å²) < 4.78 is 6.28. The lowest BCUT2D eigenvalue weighted by Gasteiger charge is -2.30. The van der Waals surface area contributed by atoms with E-state index in [1.165, 1.54) is 36.0 Å². The second-order valence-corrected chi connectivity index (χ2v) is 7.39. The third-order valence-corrected chi connectivity index (χ3v) is 6.10. The van der Waals surface area contributed by atoms with Crippen molar-refractivity contribution in [3.63, 3.8) is 0 Å². The summed E-state index contributed by atoms with van der Waals surface area (Å²) in [6.07, 6.45) is 1.32. The standard InChI is InChI=1S/C20H22N2O/c1-11-4-6-15-16-7-5-12(2)21-20(16)23-19(15)17(11)18-13(3)22-9-8-14(18)10-22/h4-7,13-14,18H,8-10H2,1-3H3. The van der Waals surface area contributed by atoms with Gasteiger partial charge in [0.2, 0.25) is 5.71 Å². The van der Waals surface area contributed by atoms with Crippen molar-refractivity contribution in [2.24, 2.45) is 5.92 Å². The van der Waals surface area contributed by atoms with Gasteiger partial charge in [-0.2, -0.15) is 0 Å². The highest BCUT2D eigenvalue weighted by Gasteiger charge is 2.45. The molecule has 4 unspecified atom stereocenters. The maximum atomic E-state index is 6.28. The highest BCUT2D eigenvalue weighted by atomic mass is 16.3. The van der Waals surface area contributed by atoms with Crippen LogP contribution in [0.4, 0.5) is 0 Å². The molecular weight excluding hydrogens is 284 g/mol. The lowest BCUT2D eigenvalue weighted by atomic mass is 9.79. The number of fused-ring (bicyclic) bond motifs is 5. The molecule has 23 heavy (non-hydrogen) atoms.